The van der Waals surface area contributed by atoms with E-state index in [1.807, 2.05) is 0 Å². The number of thiol groups is 1. The van der Waals surface area contributed by atoms with Gasteiger partial charge in [-0.15, -0.1) is 0 Å². The van der Waals surface area contributed by atoms with Gasteiger partial charge in [0.05, 0.1) is 6.42 Å². The number of hydrogen-bond acceptors (Lipinski definition) is 4. The van der Waals surface area contributed by atoms with Gasteiger partial charge in [-0.25, -0.2) is 9.18 Å². The number of ether oxygens (including phenoxy) is 1. The van der Waals surface area contributed by atoms with Gasteiger partial charge in [0.2, 0.25) is 0 Å². The van der Waals surface area contributed by atoms with E-state index in [1.54, 1.807) is 0 Å². The Hall–Kier alpha value is -1.56. The van der Waals surface area contributed by atoms with E-state index in [2.05, 4.69) is 12.6 Å². The summed E-state index contributed by atoms with van der Waals surface area (Å²) in [6.45, 7) is 0. The third-order valence-electron chi connectivity index (χ3n) is 1.71. The highest BCUT2D eigenvalue weighted by molar-refractivity contribution is 7.80. The van der Waals surface area contributed by atoms with Crippen molar-refractivity contribution in [1.29, 1.82) is 0 Å². The molecule has 4 nitrogen and oxygen atoms in total. The number of carboxylic acid groups (broad SMARTS) is 1. The molecule has 0 unspecified atom stereocenters. The molecule has 6 heteroatoms. The van der Waals surface area contributed by atoms with Crippen LogP contribution < -0.4 is 4.74 Å². The molecular weight excluding hydrogens is 235 g/mol. The number of esters is 1. The molecule has 0 saturated carbocycles. The van der Waals surface area contributed by atoms with Crippen molar-refractivity contribution in [2.45, 2.75) is 6.42 Å². The lowest BCUT2D eigenvalue weighted by molar-refractivity contribution is -0.133. The molecule has 0 aliphatic heterocycles. The number of carboxylic acids is 1. The molecule has 0 atom stereocenters. The van der Waals surface area contributed by atoms with Gasteiger partial charge >= 0.3 is 11.9 Å². The van der Waals surface area contributed by atoms with Crippen LogP contribution in [0, 0.1) is 5.82 Å². The fraction of sp³-hybridized carbons (Fsp3) is 0.200. The van der Waals surface area contributed by atoms with E-state index in [4.69, 9.17) is 9.84 Å². The van der Waals surface area contributed by atoms with Gasteiger partial charge in [-0.1, -0.05) is 0 Å². The maximum absolute atomic E-state index is 12.8. The smallest absolute Gasteiger partial charge is 0.339 e. The zero-order valence-corrected chi connectivity index (χ0v) is 9.04. The predicted octanol–water partition coefficient (Wildman–Crippen LogP) is 1.75. The normalized spacial score (nSPS) is 9.88. The summed E-state index contributed by atoms with van der Waals surface area (Å²) in [7, 11) is 0. The van der Waals surface area contributed by atoms with Crippen LogP contribution in [-0.4, -0.2) is 22.8 Å². The monoisotopic (exact) mass is 244 g/mol. The first kappa shape index (κ1) is 12.5. The Morgan fingerprint density at radius 2 is 2.12 bits per heavy atom. The lowest BCUT2D eigenvalue weighted by atomic mass is 10.2. The summed E-state index contributed by atoms with van der Waals surface area (Å²) in [5.41, 5.74) is -0.382. The molecule has 0 spiro atoms. The Balaban J connectivity index is 2.95. The molecule has 1 aromatic carbocycles. The molecule has 0 radical (unpaired) electrons. The largest absolute Gasteiger partial charge is 0.478 e. The first-order valence-corrected chi connectivity index (χ1v) is 5.02. The van der Waals surface area contributed by atoms with Crippen LogP contribution in [0.4, 0.5) is 4.39 Å². The van der Waals surface area contributed by atoms with Crippen molar-refractivity contribution >= 4 is 24.6 Å². The Kier molecular flexibility index (Phi) is 4.30. The van der Waals surface area contributed by atoms with Gasteiger partial charge < -0.3 is 9.84 Å². The van der Waals surface area contributed by atoms with Crippen LogP contribution >= 0.6 is 12.6 Å². The van der Waals surface area contributed by atoms with Crippen molar-refractivity contribution in [2.75, 3.05) is 5.75 Å². The van der Waals surface area contributed by atoms with Crippen LogP contribution in [0.3, 0.4) is 0 Å². The molecule has 1 aromatic rings. The summed E-state index contributed by atoms with van der Waals surface area (Å²) >= 11 is 3.83. The number of carbonyl (C=O) groups is 2. The second kappa shape index (κ2) is 5.50. The van der Waals surface area contributed by atoms with Gasteiger partial charge in [0.15, 0.2) is 0 Å². The van der Waals surface area contributed by atoms with Crippen LogP contribution in [0.5, 0.6) is 5.75 Å². The van der Waals surface area contributed by atoms with Crippen LogP contribution in [0.2, 0.25) is 0 Å². The van der Waals surface area contributed by atoms with Crippen molar-refractivity contribution in [3.05, 3.63) is 29.6 Å². The Morgan fingerprint density at radius 1 is 1.44 bits per heavy atom. The second-order valence-electron chi connectivity index (χ2n) is 2.89. The first-order valence-electron chi connectivity index (χ1n) is 4.39. The molecule has 0 aliphatic rings. The molecule has 0 saturated heterocycles. The maximum Gasteiger partial charge on any atom is 0.339 e. The van der Waals surface area contributed by atoms with Gasteiger partial charge in [0.25, 0.3) is 0 Å². The number of benzene rings is 1. The molecule has 0 bridgehead atoms. The summed E-state index contributed by atoms with van der Waals surface area (Å²) in [5.74, 6) is -2.54. The van der Waals surface area contributed by atoms with Gasteiger partial charge in [0.1, 0.15) is 17.1 Å². The fourth-order valence-corrected chi connectivity index (χ4v) is 1.21. The number of halogens is 1. The Labute approximate surface area is 96.4 Å². The van der Waals surface area contributed by atoms with E-state index in [1.165, 1.54) is 0 Å². The van der Waals surface area contributed by atoms with E-state index < -0.39 is 17.8 Å². The molecule has 0 heterocycles. The van der Waals surface area contributed by atoms with Crippen LogP contribution in [0.1, 0.15) is 16.8 Å². The third-order valence-corrected chi connectivity index (χ3v) is 1.94. The molecule has 16 heavy (non-hydrogen) atoms. The third kappa shape index (κ3) is 3.23. The predicted molar refractivity (Wildman–Crippen MR) is 57.5 cm³/mol. The molecule has 0 aromatic heterocycles. The highest BCUT2D eigenvalue weighted by atomic mass is 32.1. The quantitative estimate of drug-likeness (QED) is 0.481. The van der Waals surface area contributed by atoms with Gasteiger partial charge in [-0.3, -0.25) is 4.79 Å². The highest BCUT2D eigenvalue weighted by Gasteiger charge is 2.15. The number of rotatable bonds is 4. The molecule has 0 amide bonds. The topological polar surface area (TPSA) is 63.6 Å². The lowest BCUT2D eigenvalue weighted by Crippen LogP contribution is -2.11. The number of carbonyl (C=O) groups excluding carboxylic acids is 1. The summed E-state index contributed by atoms with van der Waals surface area (Å²) in [5, 5.41) is 8.76. The summed E-state index contributed by atoms with van der Waals surface area (Å²) in [6, 6.07) is 2.93. The zero-order valence-electron chi connectivity index (χ0n) is 8.14. The molecule has 0 aliphatic carbocycles. The lowest BCUT2D eigenvalue weighted by Gasteiger charge is -2.06. The van der Waals surface area contributed by atoms with Crippen molar-refractivity contribution in [1.82, 2.24) is 0 Å². The van der Waals surface area contributed by atoms with Crippen LogP contribution in [0.15, 0.2) is 18.2 Å². The van der Waals surface area contributed by atoms with E-state index in [0.717, 1.165) is 18.2 Å². The molecule has 86 valence electrons. The van der Waals surface area contributed by atoms with E-state index in [9.17, 15) is 14.0 Å². The van der Waals surface area contributed by atoms with Gasteiger partial charge in [-0.05, 0) is 18.2 Å². The average molecular weight is 244 g/mol. The average Bonchev–Trinajstić information content (AvgIpc) is 2.20. The first-order chi connectivity index (χ1) is 7.54. The van der Waals surface area contributed by atoms with E-state index >= 15 is 0 Å². The fourth-order valence-electron chi connectivity index (χ4n) is 1.02. The SMILES string of the molecule is O=C(CCS)Oc1ccc(F)cc1C(=O)O. The van der Waals surface area contributed by atoms with E-state index in [0.29, 0.717) is 5.75 Å². The second-order valence-corrected chi connectivity index (χ2v) is 3.34. The van der Waals surface area contributed by atoms with Crippen molar-refractivity contribution < 1.29 is 23.8 Å². The molecular formula is C10H9FO4S. The highest BCUT2D eigenvalue weighted by Crippen LogP contribution is 2.20. The summed E-state index contributed by atoms with van der Waals surface area (Å²) < 4.78 is 17.5. The van der Waals surface area contributed by atoms with Crippen molar-refractivity contribution in [3.63, 3.8) is 0 Å². The standard InChI is InChI=1S/C10H9FO4S/c11-6-1-2-8(7(5-6)10(13)14)15-9(12)3-4-16/h1-2,5,16H,3-4H2,(H,13,14). The minimum absolute atomic E-state index is 0.0551. The summed E-state index contributed by atoms with van der Waals surface area (Å²) in [6.07, 6.45) is 0.0551. The summed E-state index contributed by atoms with van der Waals surface area (Å²) in [4.78, 5) is 21.9. The molecule has 1 rings (SSSR count). The van der Waals surface area contributed by atoms with E-state index in [-0.39, 0.29) is 17.7 Å². The Bertz CT molecular complexity index is 419. The van der Waals surface area contributed by atoms with Gasteiger partial charge in [0, 0.05) is 5.75 Å². The van der Waals surface area contributed by atoms with Crippen LogP contribution in [-0.2, 0) is 4.79 Å². The maximum atomic E-state index is 12.8. The number of hydrogen-bond donors (Lipinski definition) is 2. The van der Waals surface area contributed by atoms with Crippen LogP contribution in [0.25, 0.3) is 0 Å². The van der Waals surface area contributed by atoms with Gasteiger partial charge in [-0.2, -0.15) is 12.6 Å². The number of aromatic carboxylic acids is 1. The minimum Gasteiger partial charge on any atom is -0.478 e. The molecule has 1 N–H and O–H groups in total. The Morgan fingerprint density at radius 3 is 2.69 bits per heavy atom. The minimum atomic E-state index is -1.35. The van der Waals surface area contributed by atoms with Crippen molar-refractivity contribution in [2.24, 2.45) is 0 Å². The van der Waals surface area contributed by atoms with Crippen molar-refractivity contribution in [3.8, 4) is 5.75 Å². The zero-order chi connectivity index (χ0) is 12.1. The molecule has 0 fully saturated rings.